The van der Waals surface area contributed by atoms with Gasteiger partial charge in [-0.25, -0.2) is 0 Å². The van der Waals surface area contributed by atoms with Gasteiger partial charge >= 0.3 is 0 Å². The van der Waals surface area contributed by atoms with E-state index in [0.29, 0.717) is 28.3 Å². The van der Waals surface area contributed by atoms with E-state index in [0.717, 1.165) is 35.0 Å². The average Bonchev–Trinajstić information content (AvgIpc) is 2.72. The highest BCUT2D eigenvalue weighted by molar-refractivity contribution is 5.86. The smallest absolute Gasteiger partial charge is 0.185 e. The van der Waals surface area contributed by atoms with Gasteiger partial charge in [-0.3, -0.25) is 14.6 Å². The molecule has 0 fully saturated rings. The Morgan fingerprint density at radius 1 is 0.929 bits per heavy atom. The van der Waals surface area contributed by atoms with Crippen LogP contribution in [-0.2, 0) is 11.3 Å². The fraction of sp³-hybridized carbons (Fsp3) is 0.0417. The molecule has 138 valence electrons. The maximum Gasteiger partial charge on any atom is 0.185 e. The van der Waals surface area contributed by atoms with E-state index in [9.17, 15) is 4.79 Å². The SMILES string of the molecule is C=C1/C=C\c2ccc(C=O)c3c2C/C(=C\C=C/1OOc1ccc(N)cc1)C=C3. The van der Waals surface area contributed by atoms with E-state index in [4.69, 9.17) is 15.5 Å². The Balaban J connectivity index is 1.65. The van der Waals surface area contributed by atoms with Gasteiger partial charge in [-0.1, -0.05) is 49.1 Å². The molecular weight excluding hydrogens is 350 g/mol. The van der Waals surface area contributed by atoms with Crippen LogP contribution in [0.5, 0.6) is 5.75 Å². The van der Waals surface area contributed by atoms with Crippen molar-refractivity contribution in [3.63, 3.8) is 0 Å². The number of hydrogen-bond donors (Lipinski definition) is 1. The first-order chi connectivity index (χ1) is 13.6. The third-order valence-electron chi connectivity index (χ3n) is 4.74. The van der Waals surface area contributed by atoms with E-state index in [2.05, 4.69) is 6.58 Å². The predicted molar refractivity (Wildman–Crippen MR) is 111 cm³/mol. The molecule has 4 rings (SSSR count). The second-order valence-corrected chi connectivity index (χ2v) is 6.63. The summed E-state index contributed by atoms with van der Waals surface area (Å²) in [6.45, 7) is 4.08. The molecule has 2 N–H and O–H groups in total. The first-order valence-electron chi connectivity index (χ1n) is 8.91. The minimum absolute atomic E-state index is 0.507. The number of benzene rings is 2. The van der Waals surface area contributed by atoms with Crippen molar-refractivity contribution in [2.45, 2.75) is 6.42 Å². The van der Waals surface area contributed by atoms with Gasteiger partial charge in [0.25, 0.3) is 0 Å². The van der Waals surface area contributed by atoms with Gasteiger partial charge in [0.15, 0.2) is 17.8 Å². The molecule has 28 heavy (non-hydrogen) atoms. The molecule has 0 heterocycles. The zero-order valence-electron chi connectivity index (χ0n) is 15.2. The van der Waals surface area contributed by atoms with Crippen molar-refractivity contribution >= 4 is 24.1 Å². The molecule has 0 spiro atoms. The first-order valence-corrected chi connectivity index (χ1v) is 8.91. The number of rotatable bonds is 4. The monoisotopic (exact) mass is 369 g/mol. The van der Waals surface area contributed by atoms with Crippen molar-refractivity contribution in [3.8, 4) is 5.75 Å². The summed E-state index contributed by atoms with van der Waals surface area (Å²) in [4.78, 5) is 22.3. The molecule has 0 radical (unpaired) electrons. The zero-order chi connectivity index (χ0) is 19.5. The maximum absolute atomic E-state index is 11.3. The molecular formula is C24H19NO3. The van der Waals surface area contributed by atoms with Crippen LogP contribution in [0.2, 0.25) is 0 Å². The van der Waals surface area contributed by atoms with Crippen molar-refractivity contribution in [2.75, 3.05) is 5.73 Å². The number of aldehydes is 1. The lowest BCUT2D eigenvalue weighted by Gasteiger charge is -2.18. The highest BCUT2D eigenvalue weighted by Gasteiger charge is 2.16. The van der Waals surface area contributed by atoms with Crippen LogP contribution in [0.25, 0.3) is 12.2 Å². The lowest BCUT2D eigenvalue weighted by atomic mass is 9.86. The fourth-order valence-corrected chi connectivity index (χ4v) is 3.18. The van der Waals surface area contributed by atoms with Crippen molar-refractivity contribution in [2.24, 2.45) is 0 Å². The molecule has 0 atom stereocenters. The number of anilines is 1. The maximum atomic E-state index is 11.3. The van der Waals surface area contributed by atoms with Gasteiger partial charge in [0.2, 0.25) is 0 Å². The van der Waals surface area contributed by atoms with Gasteiger partial charge in [-0.05, 0) is 59.0 Å². The highest BCUT2D eigenvalue weighted by atomic mass is 17.2. The number of carbonyl (C=O) groups excluding carboxylic acids is 1. The molecule has 2 aliphatic rings. The molecule has 2 aromatic carbocycles. The molecule has 0 amide bonds. The molecule has 2 bridgehead atoms. The second-order valence-electron chi connectivity index (χ2n) is 6.63. The topological polar surface area (TPSA) is 61.5 Å². The molecule has 0 aromatic heterocycles. The third-order valence-corrected chi connectivity index (χ3v) is 4.74. The van der Waals surface area contributed by atoms with Crippen molar-refractivity contribution in [3.05, 3.63) is 106 Å². The molecule has 4 heteroatoms. The summed E-state index contributed by atoms with van der Waals surface area (Å²) >= 11 is 0. The van der Waals surface area contributed by atoms with Crippen LogP contribution in [0.15, 0.2) is 84.2 Å². The fourth-order valence-electron chi connectivity index (χ4n) is 3.18. The number of fused-ring (bicyclic) bond motifs is 1. The van der Waals surface area contributed by atoms with Crippen molar-refractivity contribution < 1.29 is 14.6 Å². The minimum atomic E-state index is 0.507. The van der Waals surface area contributed by atoms with Gasteiger partial charge in [0.05, 0.1) is 0 Å². The summed E-state index contributed by atoms with van der Waals surface area (Å²) in [5.74, 6) is 1.05. The molecule has 2 aliphatic carbocycles. The number of carbonyl (C=O) groups is 1. The Labute approximate surface area is 163 Å². The zero-order valence-corrected chi connectivity index (χ0v) is 15.2. The Bertz CT molecular complexity index is 1070. The Morgan fingerprint density at radius 3 is 2.54 bits per heavy atom. The number of hydrogen-bond acceptors (Lipinski definition) is 4. The Hall–Kier alpha value is -3.79. The second kappa shape index (κ2) is 7.45. The van der Waals surface area contributed by atoms with Crippen LogP contribution >= 0.6 is 0 Å². The van der Waals surface area contributed by atoms with E-state index in [1.165, 1.54) is 0 Å². The summed E-state index contributed by atoms with van der Waals surface area (Å²) < 4.78 is 0. The molecule has 4 nitrogen and oxygen atoms in total. The van der Waals surface area contributed by atoms with Crippen LogP contribution in [0.4, 0.5) is 5.69 Å². The average molecular weight is 369 g/mol. The van der Waals surface area contributed by atoms with Crippen LogP contribution < -0.4 is 10.6 Å². The van der Waals surface area contributed by atoms with Gasteiger partial charge in [-0.15, -0.1) is 0 Å². The van der Waals surface area contributed by atoms with Crippen LogP contribution in [0.1, 0.15) is 27.0 Å². The van der Waals surface area contributed by atoms with Crippen LogP contribution in [-0.4, -0.2) is 6.29 Å². The highest BCUT2D eigenvalue weighted by Crippen LogP contribution is 2.30. The molecule has 2 aromatic rings. The first kappa shape index (κ1) is 17.6. The lowest BCUT2D eigenvalue weighted by molar-refractivity contribution is -0.162. The van der Waals surface area contributed by atoms with Crippen LogP contribution in [0, 0.1) is 0 Å². The normalized spacial score (nSPS) is 19.6. The molecule has 0 saturated heterocycles. The Kier molecular flexibility index (Phi) is 4.68. The Morgan fingerprint density at radius 2 is 1.75 bits per heavy atom. The van der Waals surface area contributed by atoms with Gasteiger partial charge in [0, 0.05) is 16.8 Å². The van der Waals surface area contributed by atoms with E-state index in [-0.39, 0.29) is 0 Å². The standard InChI is InChI=1S/C24H19NO3/c1-16-2-5-18-6-7-19(15-26)22-12-3-17(14-23(18)22)4-13-24(16)28-27-21-10-8-20(25)9-11-21/h2-13,15H,1,14,25H2/b5-2-,17-4-,24-13+. The number of nitrogen functional groups attached to an aromatic ring is 1. The molecule has 0 aliphatic heterocycles. The summed E-state index contributed by atoms with van der Waals surface area (Å²) in [7, 11) is 0. The largest absolute Gasteiger partial charge is 0.399 e. The minimum Gasteiger partial charge on any atom is -0.399 e. The van der Waals surface area contributed by atoms with Crippen LogP contribution in [0.3, 0.4) is 0 Å². The lowest BCUT2D eigenvalue weighted by Crippen LogP contribution is -2.05. The summed E-state index contributed by atoms with van der Waals surface area (Å²) in [5.41, 5.74) is 12.0. The van der Waals surface area contributed by atoms with E-state index in [1.54, 1.807) is 24.3 Å². The summed E-state index contributed by atoms with van der Waals surface area (Å²) in [6.07, 6.45) is 13.3. The predicted octanol–water partition coefficient (Wildman–Crippen LogP) is 5.05. The van der Waals surface area contributed by atoms with E-state index in [1.807, 2.05) is 48.6 Å². The quantitative estimate of drug-likeness (QED) is 0.354. The summed E-state index contributed by atoms with van der Waals surface area (Å²) in [5, 5.41) is 0. The number of nitrogens with two attached hydrogens (primary N) is 1. The van der Waals surface area contributed by atoms with Crippen molar-refractivity contribution in [1.29, 1.82) is 0 Å². The van der Waals surface area contributed by atoms with E-state index >= 15 is 0 Å². The van der Waals surface area contributed by atoms with E-state index < -0.39 is 0 Å². The number of allylic oxidation sites excluding steroid dienone is 5. The van der Waals surface area contributed by atoms with Gasteiger partial charge in [0.1, 0.15) is 0 Å². The van der Waals surface area contributed by atoms with Gasteiger partial charge < -0.3 is 5.73 Å². The summed E-state index contributed by atoms with van der Waals surface area (Å²) in [6, 6.07) is 10.8. The molecule has 0 saturated carbocycles. The van der Waals surface area contributed by atoms with Crippen molar-refractivity contribution in [1.82, 2.24) is 0 Å². The van der Waals surface area contributed by atoms with Gasteiger partial charge in [-0.2, -0.15) is 0 Å². The third kappa shape index (κ3) is 3.53. The molecule has 0 unspecified atom stereocenters.